The zero-order valence-corrected chi connectivity index (χ0v) is 11.0. The van der Waals surface area contributed by atoms with E-state index in [1.54, 1.807) is 7.11 Å². The van der Waals surface area contributed by atoms with Crippen molar-refractivity contribution in [1.29, 1.82) is 0 Å². The topological polar surface area (TPSA) is 39.1 Å². The molecule has 2 rings (SSSR count). The highest BCUT2D eigenvalue weighted by molar-refractivity contribution is 5.08. The van der Waals surface area contributed by atoms with Gasteiger partial charge in [-0.25, -0.2) is 4.98 Å². The third-order valence-electron chi connectivity index (χ3n) is 3.55. The average molecular weight is 237 g/mol. The van der Waals surface area contributed by atoms with Gasteiger partial charge in [-0.05, 0) is 33.1 Å². The largest absolute Gasteiger partial charge is 0.383 e. The second-order valence-electron chi connectivity index (χ2n) is 5.08. The fourth-order valence-electron chi connectivity index (χ4n) is 2.65. The van der Waals surface area contributed by atoms with Crippen LogP contribution in [0.1, 0.15) is 50.9 Å². The van der Waals surface area contributed by atoms with Crippen LogP contribution in [0.3, 0.4) is 0 Å². The molecule has 17 heavy (non-hydrogen) atoms. The first-order valence-corrected chi connectivity index (χ1v) is 6.49. The van der Waals surface area contributed by atoms with Gasteiger partial charge in [-0.2, -0.15) is 0 Å². The molecular formula is C13H23N3O. The summed E-state index contributed by atoms with van der Waals surface area (Å²) in [6.07, 6.45) is 7.68. The molecule has 0 aromatic carbocycles. The number of hydrogen-bond donors (Lipinski definition) is 1. The van der Waals surface area contributed by atoms with Crippen LogP contribution in [0.2, 0.25) is 0 Å². The molecule has 1 aliphatic rings. The fourth-order valence-corrected chi connectivity index (χ4v) is 2.65. The summed E-state index contributed by atoms with van der Waals surface area (Å²) in [6.45, 7) is 5.15. The Balaban J connectivity index is 2.12. The third-order valence-corrected chi connectivity index (χ3v) is 3.55. The summed E-state index contributed by atoms with van der Waals surface area (Å²) in [7, 11) is 1.74. The summed E-state index contributed by atoms with van der Waals surface area (Å²) in [5.41, 5.74) is 1.29. The molecule has 1 saturated heterocycles. The van der Waals surface area contributed by atoms with Gasteiger partial charge in [0.15, 0.2) is 0 Å². The normalized spacial score (nSPS) is 27.0. The first-order chi connectivity index (χ1) is 8.22. The predicted molar refractivity (Wildman–Crippen MR) is 68.0 cm³/mol. The standard InChI is InChI=1S/C13H23N3O/c1-10-5-4-6-12(15-10)13-7-14-9-16(13)11(2)8-17-3/h7,9-12,15H,4-6,8H2,1-3H3. The van der Waals surface area contributed by atoms with Crippen LogP contribution in [0.5, 0.6) is 0 Å². The number of piperidine rings is 1. The molecule has 4 nitrogen and oxygen atoms in total. The van der Waals surface area contributed by atoms with E-state index in [2.05, 4.69) is 28.7 Å². The molecule has 3 atom stereocenters. The summed E-state index contributed by atoms with van der Waals surface area (Å²) < 4.78 is 7.46. The van der Waals surface area contributed by atoms with Crippen LogP contribution >= 0.6 is 0 Å². The molecule has 1 fully saturated rings. The summed E-state index contributed by atoms with van der Waals surface area (Å²) in [6, 6.07) is 1.40. The Bertz CT molecular complexity index is 350. The molecule has 0 aliphatic carbocycles. The number of methoxy groups -OCH3 is 1. The van der Waals surface area contributed by atoms with Crippen molar-refractivity contribution < 1.29 is 4.74 Å². The van der Waals surface area contributed by atoms with Gasteiger partial charge >= 0.3 is 0 Å². The smallest absolute Gasteiger partial charge is 0.0952 e. The number of hydrogen-bond acceptors (Lipinski definition) is 3. The quantitative estimate of drug-likeness (QED) is 0.873. The summed E-state index contributed by atoms with van der Waals surface area (Å²) in [5, 5.41) is 3.65. The molecule has 0 radical (unpaired) electrons. The van der Waals surface area contributed by atoms with E-state index in [1.807, 2.05) is 12.5 Å². The number of nitrogens with one attached hydrogen (secondary N) is 1. The number of aromatic nitrogens is 2. The van der Waals surface area contributed by atoms with Gasteiger partial charge in [0.1, 0.15) is 0 Å². The highest BCUT2D eigenvalue weighted by atomic mass is 16.5. The van der Waals surface area contributed by atoms with Gasteiger partial charge in [0.05, 0.1) is 24.7 Å². The lowest BCUT2D eigenvalue weighted by Gasteiger charge is -2.30. The Labute approximate surface area is 103 Å². The average Bonchev–Trinajstić information content (AvgIpc) is 2.78. The molecule has 4 heteroatoms. The van der Waals surface area contributed by atoms with E-state index < -0.39 is 0 Å². The van der Waals surface area contributed by atoms with E-state index in [0.29, 0.717) is 18.1 Å². The van der Waals surface area contributed by atoms with Gasteiger partial charge in [-0.3, -0.25) is 0 Å². The Morgan fingerprint density at radius 2 is 2.41 bits per heavy atom. The summed E-state index contributed by atoms with van der Waals surface area (Å²) in [4.78, 5) is 4.29. The Kier molecular flexibility index (Phi) is 4.18. The molecule has 96 valence electrons. The van der Waals surface area contributed by atoms with Crippen molar-refractivity contribution in [3.05, 3.63) is 18.2 Å². The first-order valence-electron chi connectivity index (χ1n) is 6.49. The van der Waals surface area contributed by atoms with E-state index in [0.717, 1.165) is 6.61 Å². The SMILES string of the molecule is COCC(C)n1cncc1C1CCCC(C)N1. The Hall–Kier alpha value is -0.870. The number of ether oxygens (including phenoxy) is 1. The van der Waals surface area contributed by atoms with E-state index >= 15 is 0 Å². The molecule has 1 aliphatic heterocycles. The lowest BCUT2D eigenvalue weighted by molar-refractivity contribution is 0.159. The molecule has 0 spiro atoms. The Morgan fingerprint density at radius 3 is 3.12 bits per heavy atom. The van der Waals surface area contributed by atoms with Crippen molar-refractivity contribution in [3.8, 4) is 0 Å². The van der Waals surface area contributed by atoms with Crippen LogP contribution in [0.4, 0.5) is 0 Å². The summed E-state index contributed by atoms with van der Waals surface area (Å²) in [5.74, 6) is 0. The van der Waals surface area contributed by atoms with Crippen molar-refractivity contribution in [2.24, 2.45) is 0 Å². The minimum absolute atomic E-state index is 0.344. The molecule has 1 aromatic rings. The van der Waals surface area contributed by atoms with Crippen LogP contribution in [0.15, 0.2) is 12.5 Å². The van der Waals surface area contributed by atoms with Gasteiger partial charge in [0, 0.05) is 25.4 Å². The zero-order valence-electron chi connectivity index (χ0n) is 11.0. The van der Waals surface area contributed by atoms with E-state index in [1.165, 1.54) is 25.0 Å². The molecule has 0 bridgehead atoms. The lowest BCUT2D eigenvalue weighted by Crippen LogP contribution is -2.36. The maximum absolute atomic E-state index is 5.22. The monoisotopic (exact) mass is 237 g/mol. The van der Waals surface area contributed by atoms with E-state index in [4.69, 9.17) is 4.74 Å². The van der Waals surface area contributed by atoms with Crippen LogP contribution < -0.4 is 5.32 Å². The van der Waals surface area contributed by atoms with Crippen molar-refractivity contribution >= 4 is 0 Å². The van der Waals surface area contributed by atoms with Crippen LogP contribution in [0.25, 0.3) is 0 Å². The molecule has 0 amide bonds. The second-order valence-corrected chi connectivity index (χ2v) is 5.08. The van der Waals surface area contributed by atoms with Gasteiger partial charge in [-0.1, -0.05) is 0 Å². The van der Waals surface area contributed by atoms with Crippen molar-refractivity contribution in [2.75, 3.05) is 13.7 Å². The van der Waals surface area contributed by atoms with E-state index in [-0.39, 0.29) is 0 Å². The van der Waals surface area contributed by atoms with E-state index in [9.17, 15) is 0 Å². The van der Waals surface area contributed by atoms with Gasteiger partial charge in [0.2, 0.25) is 0 Å². The van der Waals surface area contributed by atoms with Crippen molar-refractivity contribution in [2.45, 2.75) is 51.2 Å². The van der Waals surface area contributed by atoms with Crippen molar-refractivity contribution in [1.82, 2.24) is 14.9 Å². The Morgan fingerprint density at radius 1 is 1.59 bits per heavy atom. The molecule has 3 unspecified atom stereocenters. The fraction of sp³-hybridized carbons (Fsp3) is 0.769. The summed E-state index contributed by atoms with van der Waals surface area (Å²) >= 11 is 0. The highest BCUT2D eigenvalue weighted by Crippen LogP contribution is 2.26. The number of rotatable bonds is 4. The molecular weight excluding hydrogens is 214 g/mol. The molecule has 1 N–H and O–H groups in total. The molecule has 2 heterocycles. The third kappa shape index (κ3) is 2.87. The zero-order chi connectivity index (χ0) is 12.3. The van der Waals surface area contributed by atoms with Crippen LogP contribution in [0, 0.1) is 0 Å². The minimum atomic E-state index is 0.344. The number of nitrogens with zero attached hydrogens (tertiary/aromatic N) is 2. The first kappa shape index (κ1) is 12.6. The van der Waals surface area contributed by atoms with Crippen LogP contribution in [-0.4, -0.2) is 29.3 Å². The predicted octanol–water partition coefficient (Wildman–Crippen LogP) is 2.29. The molecule has 1 aromatic heterocycles. The minimum Gasteiger partial charge on any atom is -0.383 e. The van der Waals surface area contributed by atoms with Gasteiger partial charge in [0.25, 0.3) is 0 Å². The van der Waals surface area contributed by atoms with Gasteiger partial charge < -0.3 is 14.6 Å². The highest BCUT2D eigenvalue weighted by Gasteiger charge is 2.23. The maximum Gasteiger partial charge on any atom is 0.0952 e. The number of imidazole rings is 1. The lowest BCUT2D eigenvalue weighted by atomic mass is 9.97. The maximum atomic E-state index is 5.22. The van der Waals surface area contributed by atoms with Crippen LogP contribution in [-0.2, 0) is 4.74 Å². The van der Waals surface area contributed by atoms with Crippen molar-refractivity contribution in [3.63, 3.8) is 0 Å². The van der Waals surface area contributed by atoms with Gasteiger partial charge in [-0.15, -0.1) is 0 Å². The molecule has 0 saturated carbocycles. The second kappa shape index (κ2) is 5.65.